The number of nitrogens with one attached hydrogen (secondary N) is 2. The van der Waals surface area contributed by atoms with E-state index in [-0.39, 0.29) is 16.6 Å². The van der Waals surface area contributed by atoms with E-state index < -0.39 is 21.9 Å². The molecule has 2 heterocycles. The highest BCUT2D eigenvalue weighted by Crippen LogP contribution is 2.36. The fourth-order valence-corrected chi connectivity index (χ4v) is 4.45. The Morgan fingerprint density at radius 2 is 1.94 bits per heavy atom. The summed E-state index contributed by atoms with van der Waals surface area (Å²) in [7, 11) is 2.51. The molecule has 2 N–H and O–H groups in total. The lowest BCUT2D eigenvalue weighted by molar-refractivity contribution is 0.256. The molecular weight excluding hydrogens is 475 g/mol. The van der Waals surface area contributed by atoms with E-state index in [0.29, 0.717) is 34.8 Å². The Kier molecular flexibility index (Phi) is 7.76. The molecule has 0 radical (unpaired) electrons. The second-order valence-electron chi connectivity index (χ2n) is 8.55. The van der Waals surface area contributed by atoms with E-state index in [1.54, 1.807) is 19.2 Å². The van der Waals surface area contributed by atoms with Gasteiger partial charge in [0.25, 0.3) is 10.0 Å². The quantitative estimate of drug-likeness (QED) is 0.483. The summed E-state index contributed by atoms with van der Waals surface area (Å²) in [6, 6.07) is 6.21. The first-order chi connectivity index (χ1) is 16.4. The van der Waals surface area contributed by atoms with E-state index >= 15 is 0 Å². The molecule has 12 heteroatoms. The number of ether oxygens (including phenoxy) is 1. The third kappa shape index (κ3) is 6.14. The van der Waals surface area contributed by atoms with Gasteiger partial charge in [0, 0.05) is 37.5 Å². The average molecular weight is 505 g/mol. The number of benzene rings is 1. The summed E-state index contributed by atoms with van der Waals surface area (Å²) < 4.78 is 48.8. The second-order valence-corrected chi connectivity index (χ2v) is 10.2. The van der Waals surface area contributed by atoms with Crippen LogP contribution >= 0.6 is 0 Å². The molecule has 3 rings (SSSR count). The van der Waals surface area contributed by atoms with Gasteiger partial charge in [0.1, 0.15) is 5.82 Å². The van der Waals surface area contributed by atoms with Gasteiger partial charge in [0.15, 0.2) is 5.03 Å². The second kappa shape index (κ2) is 10.4. The number of aromatic nitrogens is 3. The fraction of sp³-hybridized carbons (Fsp3) is 0.348. The SMILES string of the molecule is COc1cc(-c2cc(F)cc(C(C)C)c2NC(=O)NS(=O)(=O)c2cc(CN(C)C)n(C)n2)ccn1. The Morgan fingerprint density at radius 1 is 1.23 bits per heavy atom. The van der Waals surface area contributed by atoms with Crippen LogP contribution in [0, 0.1) is 5.82 Å². The minimum atomic E-state index is -4.26. The zero-order valence-electron chi connectivity index (χ0n) is 20.5. The zero-order chi connectivity index (χ0) is 25.9. The first-order valence-corrected chi connectivity index (χ1v) is 12.2. The zero-order valence-corrected chi connectivity index (χ0v) is 21.3. The minimum Gasteiger partial charge on any atom is -0.481 e. The Bertz CT molecular complexity index is 1340. The molecule has 0 atom stereocenters. The fourth-order valence-electron chi connectivity index (χ4n) is 3.53. The number of rotatable bonds is 8. The van der Waals surface area contributed by atoms with Crippen molar-refractivity contribution < 1.29 is 22.3 Å². The number of hydrogen-bond acceptors (Lipinski definition) is 7. The number of carbonyl (C=O) groups excluding carboxylic acids is 1. The van der Waals surface area contributed by atoms with Crippen molar-refractivity contribution in [3.8, 4) is 17.0 Å². The molecule has 188 valence electrons. The molecule has 2 aromatic heterocycles. The number of hydrogen-bond donors (Lipinski definition) is 2. The summed E-state index contributed by atoms with van der Waals surface area (Å²) in [6.45, 7) is 4.15. The highest BCUT2D eigenvalue weighted by Gasteiger charge is 2.24. The van der Waals surface area contributed by atoms with E-state index in [9.17, 15) is 17.6 Å². The Morgan fingerprint density at radius 3 is 2.57 bits per heavy atom. The highest BCUT2D eigenvalue weighted by molar-refractivity contribution is 7.90. The maximum atomic E-state index is 14.5. The summed E-state index contributed by atoms with van der Waals surface area (Å²) in [5, 5.41) is 6.35. The van der Waals surface area contributed by atoms with E-state index in [1.807, 2.05) is 37.6 Å². The molecule has 0 saturated heterocycles. The Balaban J connectivity index is 1.96. The van der Waals surface area contributed by atoms with Crippen LogP contribution in [0.5, 0.6) is 5.88 Å². The van der Waals surface area contributed by atoms with Crippen molar-refractivity contribution in [3.63, 3.8) is 0 Å². The molecule has 0 fully saturated rings. The number of nitrogens with zero attached hydrogens (tertiary/aromatic N) is 4. The molecule has 0 bridgehead atoms. The van der Waals surface area contributed by atoms with Gasteiger partial charge in [0.05, 0.1) is 18.5 Å². The van der Waals surface area contributed by atoms with Gasteiger partial charge in [-0.3, -0.25) is 4.68 Å². The highest BCUT2D eigenvalue weighted by atomic mass is 32.2. The standard InChI is InChI=1S/C23H29FN6O4S/c1-14(2)18-10-16(24)11-19(15-7-8-25-20(9-15)34-6)22(18)26-23(31)28-35(32,33)21-12-17(13-29(3)4)30(5)27-21/h7-12,14H,13H2,1-6H3,(H2,26,28,31). The molecule has 2 amide bonds. The molecule has 35 heavy (non-hydrogen) atoms. The average Bonchev–Trinajstić information content (AvgIpc) is 3.14. The predicted molar refractivity (Wildman–Crippen MR) is 130 cm³/mol. The van der Waals surface area contributed by atoms with Crippen molar-refractivity contribution in [1.82, 2.24) is 24.4 Å². The van der Waals surface area contributed by atoms with E-state index in [1.165, 1.54) is 36.2 Å². The molecule has 0 aliphatic rings. The largest absolute Gasteiger partial charge is 0.481 e. The van der Waals surface area contributed by atoms with Gasteiger partial charge in [-0.05, 0) is 49.3 Å². The van der Waals surface area contributed by atoms with Crippen molar-refractivity contribution in [2.24, 2.45) is 7.05 Å². The molecule has 0 spiro atoms. The molecule has 1 aromatic carbocycles. The molecule has 0 aliphatic carbocycles. The molecular formula is C23H29FN6O4S. The van der Waals surface area contributed by atoms with Gasteiger partial charge in [-0.1, -0.05) is 13.8 Å². The van der Waals surface area contributed by atoms with E-state index in [4.69, 9.17) is 4.74 Å². The number of amides is 2. The lowest BCUT2D eigenvalue weighted by Gasteiger charge is -2.19. The molecule has 0 aliphatic heterocycles. The molecule has 0 unspecified atom stereocenters. The number of urea groups is 1. The van der Waals surface area contributed by atoms with Gasteiger partial charge in [-0.25, -0.2) is 18.9 Å². The van der Waals surface area contributed by atoms with Crippen molar-refractivity contribution in [3.05, 3.63) is 53.6 Å². The van der Waals surface area contributed by atoms with Crippen LogP contribution in [-0.2, 0) is 23.6 Å². The summed E-state index contributed by atoms with van der Waals surface area (Å²) >= 11 is 0. The number of sulfonamides is 1. The third-order valence-electron chi connectivity index (χ3n) is 5.18. The smallest absolute Gasteiger partial charge is 0.333 e. The van der Waals surface area contributed by atoms with Crippen molar-refractivity contribution in [2.45, 2.75) is 31.3 Å². The number of pyridine rings is 1. The van der Waals surface area contributed by atoms with E-state index in [2.05, 4.69) is 15.4 Å². The van der Waals surface area contributed by atoms with Crippen LogP contribution in [0.1, 0.15) is 31.0 Å². The van der Waals surface area contributed by atoms with Gasteiger partial charge in [-0.15, -0.1) is 0 Å². The monoisotopic (exact) mass is 504 g/mol. The molecule has 3 aromatic rings. The normalized spacial score (nSPS) is 11.7. The van der Waals surface area contributed by atoms with Gasteiger partial charge in [-0.2, -0.15) is 13.5 Å². The number of carbonyl (C=O) groups is 1. The van der Waals surface area contributed by atoms with Crippen LogP contribution in [0.3, 0.4) is 0 Å². The Hall–Kier alpha value is -3.51. The maximum absolute atomic E-state index is 14.5. The summed E-state index contributed by atoms with van der Waals surface area (Å²) in [6.07, 6.45) is 1.49. The van der Waals surface area contributed by atoms with Crippen LogP contribution in [0.2, 0.25) is 0 Å². The van der Waals surface area contributed by atoms with Crippen LogP contribution in [0.15, 0.2) is 41.6 Å². The first kappa shape index (κ1) is 26.1. The predicted octanol–water partition coefficient (Wildman–Crippen LogP) is 3.33. The first-order valence-electron chi connectivity index (χ1n) is 10.8. The Labute approximate surface area is 204 Å². The van der Waals surface area contributed by atoms with Crippen LogP contribution in [-0.4, -0.2) is 55.3 Å². The number of halogens is 1. The third-order valence-corrected chi connectivity index (χ3v) is 6.39. The van der Waals surface area contributed by atoms with Gasteiger partial charge < -0.3 is 15.0 Å². The lowest BCUT2D eigenvalue weighted by Crippen LogP contribution is -2.35. The minimum absolute atomic E-state index is 0.176. The van der Waals surface area contributed by atoms with Gasteiger partial charge >= 0.3 is 6.03 Å². The van der Waals surface area contributed by atoms with Crippen LogP contribution < -0.4 is 14.8 Å². The van der Waals surface area contributed by atoms with Crippen molar-refractivity contribution >= 4 is 21.7 Å². The lowest BCUT2D eigenvalue weighted by atomic mass is 9.94. The van der Waals surface area contributed by atoms with Gasteiger partial charge in [0.2, 0.25) is 5.88 Å². The molecule has 0 saturated carbocycles. The summed E-state index contributed by atoms with van der Waals surface area (Å²) in [5.74, 6) is -0.371. The summed E-state index contributed by atoms with van der Waals surface area (Å²) in [5.41, 5.74) is 2.32. The number of anilines is 1. The van der Waals surface area contributed by atoms with Crippen LogP contribution in [0.25, 0.3) is 11.1 Å². The van der Waals surface area contributed by atoms with E-state index in [0.717, 1.165) is 0 Å². The van der Waals surface area contributed by atoms with Crippen LogP contribution in [0.4, 0.5) is 14.9 Å². The number of methoxy groups -OCH3 is 1. The summed E-state index contributed by atoms with van der Waals surface area (Å²) in [4.78, 5) is 18.8. The topological polar surface area (TPSA) is 118 Å². The van der Waals surface area contributed by atoms with Crippen molar-refractivity contribution in [1.29, 1.82) is 0 Å². The maximum Gasteiger partial charge on any atom is 0.333 e. The number of aryl methyl sites for hydroxylation is 1. The molecule has 10 nitrogen and oxygen atoms in total. The van der Waals surface area contributed by atoms with Crippen molar-refractivity contribution in [2.75, 3.05) is 26.5 Å².